The highest BCUT2D eigenvalue weighted by Crippen LogP contribution is 2.29. The molecule has 0 spiro atoms. The van der Waals surface area contributed by atoms with E-state index in [9.17, 15) is 0 Å². The van der Waals surface area contributed by atoms with Crippen molar-refractivity contribution in [2.45, 2.75) is 57.3 Å². The summed E-state index contributed by atoms with van der Waals surface area (Å²) in [6, 6.07) is 0.809. The average molecular weight is 252 g/mol. The molecular formula is C15H28N2O. The molecule has 2 fully saturated rings. The lowest BCUT2D eigenvalue weighted by atomic mass is 10.2. The van der Waals surface area contributed by atoms with Crippen molar-refractivity contribution in [1.82, 2.24) is 10.2 Å². The zero-order valence-electron chi connectivity index (χ0n) is 11.7. The van der Waals surface area contributed by atoms with E-state index in [1.807, 2.05) is 6.08 Å². The summed E-state index contributed by atoms with van der Waals surface area (Å²) in [5.41, 5.74) is 0. The minimum atomic E-state index is 0.436. The van der Waals surface area contributed by atoms with Crippen molar-refractivity contribution in [3.05, 3.63) is 12.7 Å². The molecule has 3 nitrogen and oxygen atoms in total. The summed E-state index contributed by atoms with van der Waals surface area (Å²) in [7, 11) is 0. The molecule has 0 radical (unpaired) electrons. The van der Waals surface area contributed by atoms with Crippen LogP contribution >= 0.6 is 0 Å². The lowest BCUT2D eigenvalue weighted by molar-refractivity contribution is 0.0240. The number of hydrogen-bond acceptors (Lipinski definition) is 3. The second-order valence-electron chi connectivity index (χ2n) is 5.64. The predicted octanol–water partition coefficient (Wildman–Crippen LogP) is 2.18. The maximum Gasteiger partial charge on any atom is 0.0707 e. The number of ether oxygens (including phenoxy) is 1. The van der Waals surface area contributed by atoms with Gasteiger partial charge in [0.2, 0.25) is 0 Å². The standard InChI is InChI=1S/C15H28N2O/c1-3-9-16-11-14-7-8-15(18-14)12-17(10-4-2)13-5-6-13/h4,13-16H,2-3,5-12H2,1H3. The second kappa shape index (κ2) is 7.27. The summed E-state index contributed by atoms with van der Waals surface area (Å²) in [6.07, 6.45) is 9.26. The molecule has 0 aromatic heterocycles. The SMILES string of the molecule is C=CCN(CC1CCC(CNCCC)O1)C1CC1. The van der Waals surface area contributed by atoms with Crippen LogP contribution in [-0.2, 0) is 4.74 Å². The lowest BCUT2D eigenvalue weighted by Crippen LogP contribution is -2.35. The molecule has 18 heavy (non-hydrogen) atoms. The zero-order chi connectivity index (χ0) is 12.8. The van der Waals surface area contributed by atoms with Gasteiger partial charge < -0.3 is 10.1 Å². The molecule has 1 saturated carbocycles. The van der Waals surface area contributed by atoms with Gasteiger partial charge in [-0.05, 0) is 38.6 Å². The Bertz CT molecular complexity index is 253. The fourth-order valence-electron chi connectivity index (χ4n) is 2.74. The van der Waals surface area contributed by atoms with Crippen molar-refractivity contribution in [3.63, 3.8) is 0 Å². The summed E-state index contributed by atoms with van der Waals surface area (Å²) in [6.45, 7) is 10.3. The van der Waals surface area contributed by atoms with Crippen molar-refractivity contribution in [2.24, 2.45) is 0 Å². The third-order valence-corrected chi connectivity index (χ3v) is 3.86. The van der Waals surface area contributed by atoms with Gasteiger partial charge in [-0.2, -0.15) is 0 Å². The summed E-state index contributed by atoms with van der Waals surface area (Å²) in [4.78, 5) is 2.54. The summed E-state index contributed by atoms with van der Waals surface area (Å²) < 4.78 is 6.12. The van der Waals surface area contributed by atoms with Crippen molar-refractivity contribution in [2.75, 3.05) is 26.2 Å². The molecule has 0 aromatic carbocycles. The topological polar surface area (TPSA) is 24.5 Å². The first-order valence-electron chi connectivity index (χ1n) is 7.54. The van der Waals surface area contributed by atoms with E-state index in [2.05, 4.69) is 23.7 Å². The van der Waals surface area contributed by atoms with Crippen LogP contribution in [0.4, 0.5) is 0 Å². The Hall–Kier alpha value is -0.380. The maximum atomic E-state index is 6.12. The van der Waals surface area contributed by atoms with E-state index < -0.39 is 0 Å². The minimum absolute atomic E-state index is 0.436. The first-order chi connectivity index (χ1) is 8.83. The van der Waals surface area contributed by atoms with Gasteiger partial charge in [0.1, 0.15) is 0 Å². The Balaban J connectivity index is 1.66. The molecular weight excluding hydrogens is 224 g/mol. The van der Waals surface area contributed by atoms with Crippen LogP contribution in [0.5, 0.6) is 0 Å². The van der Waals surface area contributed by atoms with Crippen LogP contribution in [0, 0.1) is 0 Å². The Morgan fingerprint density at radius 3 is 2.72 bits per heavy atom. The predicted molar refractivity (Wildman–Crippen MR) is 75.8 cm³/mol. The molecule has 2 unspecified atom stereocenters. The Morgan fingerprint density at radius 2 is 2.06 bits per heavy atom. The zero-order valence-corrected chi connectivity index (χ0v) is 11.7. The molecule has 2 aliphatic rings. The van der Waals surface area contributed by atoms with E-state index in [4.69, 9.17) is 4.74 Å². The maximum absolute atomic E-state index is 6.12. The average Bonchev–Trinajstić information content (AvgIpc) is 3.12. The van der Waals surface area contributed by atoms with Gasteiger partial charge in [-0.15, -0.1) is 6.58 Å². The van der Waals surface area contributed by atoms with Gasteiger partial charge in [0.15, 0.2) is 0 Å². The van der Waals surface area contributed by atoms with E-state index in [0.29, 0.717) is 12.2 Å². The van der Waals surface area contributed by atoms with Crippen LogP contribution in [0.2, 0.25) is 0 Å². The van der Waals surface area contributed by atoms with E-state index in [0.717, 1.165) is 32.2 Å². The monoisotopic (exact) mass is 252 g/mol. The van der Waals surface area contributed by atoms with Gasteiger partial charge in [-0.1, -0.05) is 13.0 Å². The molecule has 1 aliphatic carbocycles. The molecule has 2 atom stereocenters. The van der Waals surface area contributed by atoms with Crippen molar-refractivity contribution >= 4 is 0 Å². The molecule has 1 saturated heterocycles. The third kappa shape index (κ3) is 4.38. The smallest absolute Gasteiger partial charge is 0.0707 e. The van der Waals surface area contributed by atoms with Crippen molar-refractivity contribution in [1.29, 1.82) is 0 Å². The molecule has 1 N–H and O–H groups in total. The van der Waals surface area contributed by atoms with Gasteiger partial charge in [-0.25, -0.2) is 0 Å². The molecule has 2 rings (SSSR count). The van der Waals surface area contributed by atoms with Gasteiger partial charge in [0.05, 0.1) is 12.2 Å². The van der Waals surface area contributed by atoms with E-state index in [1.54, 1.807) is 0 Å². The van der Waals surface area contributed by atoms with E-state index in [1.165, 1.54) is 32.1 Å². The molecule has 1 heterocycles. The van der Waals surface area contributed by atoms with Crippen LogP contribution in [0.3, 0.4) is 0 Å². The highest BCUT2D eigenvalue weighted by molar-refractivity contribution is 4.90. The summed E-state index contributed by atoms with van der Waals surface area (Å²) >= 11 is 0. The quantitative estimate of drug-likeness (QED) is 0.503. The van der Waals surface area contributed by atoms with Crippen LogP contribution in [-0.4, -0.2) is 49.3 Å². The van der Waals surface area contributed by atoms with Crippen molar-refractivity contribution in [3.8, 4) is 0 Å². The van der Waals surface area contributed by atoms with Gasteiger partial charge in [0.25, 0.3) is 0 Å². The normalized spacial score (nSPS) is 27.9. The van der Waals surface area contributed by atoms with Crippen LogP contribution in [0.15, 0.2) is 12.7 Å². The van der Waals surface area contributed by atoms with Crippen LogP contribution in [0.25, 0.3) is 0 Å². The lowest BCUT2D eigenvalue weighted by Gasteiger charge is -2.24. The fraction of sp³-hybridized carbons (Fsp3) is 0.867. The highest BCUT2D eigenvalue weighted by atomic mass is 16.5. The number of nitrogens with one attached hydrogen (secondary N) is 1. The van der Waals surface area contributed by atoms with E-state index in [-0.39, 0.29) is 0 Å². The summed E-state index contributed by atoms with van der Waals surface area (Å²) in [5.74, 6) is 0. The minimum Gasteiger partial charge on any atom is -0.372 e. The Morgan fingerprint density at radius 1 is 1.28 bits per heavy atom. The molecule has 0 aromatic rings. The molecule has 3 heteroatoms. The number of hydrogen-bond donors (Lipinski definition) is 1. The second-order valence-corrected chi connectivity index (χ2v) is 5.64. The van der Waals surface area contributed by atoms with Crippen LogP contribution < -0.4 is 5.32 Å². The Labute approximate surface area is 112 Å². The molecule has 1 aliphatic heterocycles. The largest absolute Gasteiger partial charge is 0.372 e. The number of nitrogens with zero attached hydrogens (tertiary/aromatic N) is 1. The Kier molecular flexibility index (Phi) is 5.67. The first-order valence-corrected chi connectivity index (χ1v) is 7.54. The number of rotatable bonds is 9. The molecule has 104 valence electrons. The van der Waals surface area contributed by atoms with Crippen LogP contribution in [0.1, 0.15) is 39.0 Å². The molecule has 0 bridgehead atoms. The third-order valence-electron chi connectivity index (χ3n) is 3.86. The van der Waals surface area contributed by atoms with E-state index >= 15 is 0 Å². The fourth-order valence-corrected chi connectivity index (χ4v) is 2.74. The molecule has 0 amide bonds. The van der Waals surface area contributed by atoms with Gasteiger partial charge in [0, 0.05) is 25.7 Å². The van der Waals surface area contributed by atoms with Crippen molar-refractivity contribution < 1.29 is 4.74 Å². The van der Waals surface area contributed by atoms with Gasteiger partial charge in [-0.3, -0.25) is 4.90 Å². The van der Waals surface area contributed by atoms with Gasteiger partial charge >= 0.3 is 0 Å². The highest BCUT2D eigenvalue weighted by Gasteiger charge is 2.32. The first kappa shape index (κ1) is 14.0. The summed E-state index contributed by atoms with van der Waals surface area (Å²) in [5, 5.41) is 3.46.